The molecule has 0 amide bonds. The zero-order chi connectivity index (χ0) is 42.3. The Kier molecular flexibility index (Phi) is 8.97. The first-order chi connectivity index (χ1) is 28.7. The number of hydrogen-bond donors (Lipinski definition) is 1. The lowest BCUT2D eigenvalue weighted by Gasteiger charge is -2.26. The molecule has 0 spiro atoms. The standard InChI is InChI=1S/C54H48N2O/c1-53(2,3)43-30-41(31-44(35-43)54(4,5)6)42-33-49(56-50(34-42)47-23-13-14-26-51(47)57)39-22-15-21-38(29-39)48-32-40(27-28-55-48)52-45(36-17-9-7-10-18-36)24-16-25-46(52)37-19-11-8-12-20-37/h7-35,57H,1-6H3/i16D,24D,25D. The van der Waals surface area contributed by atoms with E-state index < -0.39 is 0 Å². The topological polar surface area (TPSA) is 46.0 Å². The number of nitrogens with zero attached hydrogens (tertiary/aromatic N) is 2. The van der Waals surface area contributed by atoms with Crippen molar-refractivity contribution in [1.82, 2.24) is 9.97 Å². The predicted octanol–water partition coefficient (Wildman–Crippen LogP) is 14.4. The Labute approximate surface area is 341 Å². The van der Waals surface area contributed by atoms with Gasteiger partial charge in [0.1, 0.15) is 5.75 Å². The minimum Gasteiger partial charge on any atom is -0.507 e. The van der Waals surface area contributed by atoms with Crippen LogP contribution in [0.2, 0.25) is 0 Å². The smallest absolute Gasteiger partial charge is 0.124 e. The first-order valence-corrected chi connectivity index (χ1v) is 19.5. The van der Waals surface area contributed by atoms with Crippen LogP contribution < -0.4 is 0 Å². The van der Waals surface area contributed by atoms with E-state index in [4.69, 9.17) is 11.3 Å². The molecule has 8 rings (SSSR count). The molecular formula is C54H48N2O. The van der Waals surface area contributed by atoms with Crippen LogP contribution in [0.25, 0.3) is 78.3 Å². The molecule has 0 unspecified atom stereocenters. The molecule has 8 aromatic rings. The molecule has 0 saturated carbocycles. The van der Waals surface area contributed by atoms with Gasteiger partial charge in [-0.3, -0.25) is 4.98 Å². The highest BCUT2D eigenvalue weighted by Gasteiger charge is 2.22. The SMILES string of the molecule is [2H]c1c([2H])c(-c2ccccc2)c(-c2ccnc(-c3cccc(-c4cc(-c5cc(C(C)(C)C)cc(C(C)(C)C)c5)cc(-c5ccccc5O)n4)c3)c2)c(-c2ccccc2)c1[2H]. The summed E-state index contributed by atoms with van der Waals surface area (Å²) in [5.41, 5.74) is 13.3. The van der Waals surface area contributed by atoms with Crippen LogP contribution in [0.5, 0.6) is 5.75 Å². The van der Waals surface area contributed by atoms with Gasteiger partial charge in [0.25, 0.3) is 0 Å². The quantitative estimate of drug-likeness (QED) is 0.177. The third kappa shape index (κ3) is 7.92. The molecule has 0 aliphatic heterocycles. The van der Waals surface area contributed by atoms with Crippen LogP contribution in [-0.4, -0.2) is 15.1 Å². The maximum atomic E-state index is 11.1. The summed E-state index contributed by atoms with van der Waals surface area (Å²) in [5.74, 6) is 0.163. The van der Waals surface area contributed by atoms with Crippen molar-refractivity contribution in [3.05, 3.63) is 187 Å². The van der Waals surface area contributed by atoms with Crippen LogP contribution in [-0.2, 0) is 10.8 Å². The van der Waals surface area contributed by atoms with E-state index in [1.54, 1.807) is 12.3 Å². The van der Waals surface area contributed by atoms with Gasteiger partial charge in [-0.05, 0) is 109 Å². The third-order valence-corrected chi connectivity index (χ3v) is 10.5. The van der Waals surface area contributed by atoms with E-state index in [1.807, 2.05) is 109 Å². The molecule has 2 aromatic heterocycles. The molecule has 2 heterocycles. The zero-order valence-corrected chi connectivity index (χ0v) is 33.4. The lowest BCUT2D eigenvalue weighted by atomic mass is 9.79. The molecule has 0 fully saturated rings. The second-order valence-electron chi connectivity index (χ2n) is 16.7. The van der Waals surface area contributed by atoms with Gasteiger partial charge in [0.2, 0.25) is 0 Å². The molecule has 0 bridgehead atoms. The minimum atomic E-state index is -0.115. The summed E-state index contributed by atoms with van der Waals surface area (Å²) in [7, 11) is 0. The number of aromatic nitrogens is 2. The van der Waals surface area contributed by atoms with Gasteiger partial charge in [0.05, 0.1) is 21.2 Å². The lowest BCUT2D eigenvalue weighted by Crippen LogP contribution is -2.16. The van der Waals surface area contributed by atoms with E-state index in [-0.39, 0.29) is 34.7 Å². The highest BCUT2D eigenvalue weighted by Crippen LogP contribution is 2.42. The molecule has 1 N–H and O–H groups in total. The maximum Gasteiger partial charge on any atom is 0.124 e. The molecule has 0 radical (unpaired) electrons. The van der Waals surface area contributed by atoms with Crippen molar-refractivity contribution in [3.8, 4) is 84.0 Å². The predicted molar refractivity (Wildman–Crippen MR) is 239 cm³/mol. The van der Waals surface area contributed by atoms with Gasteiger partial charge in [-0.2, -0.15) is 0 Å². The highest BCUT2D eigenvalue weighted by molar-refractivity contribution is 5.95. The van der Waals surface area contributed by atoms with Gasteiger partial charge >= 0.3 is 0 Å². The number of benzene rings is 6. The lowest BCUT2D eigenvalue weighted by molar-refractivity contribution is 0.477. The first kappa shape index (κ1) is 33.7. The van der Waals surface area contributed by atoms with Crippen LogP contribution in [0.15, 0.2) is 176 Å². The van der Waals surface area contributed by atoms with Gasteiger partial charge in [-0.1, -0.05) is 169 Å². The maximum absolute atomic E-state index is 11.1. The second-order valence-corrected chi connectivity index (χ2v) is 16.7. The van der Waals surface area contributed by atoms with Crippen molar-refractivity contribution in [2.24, 2.45) is 0 Å². The summed E-state index contributed by atoms with van der Waals surface area (Å²) in [6, 6.07) is 49.8. The Bertz CT molecular complexity index is 2780. The first-order valence-electron chi connectivity index (χ1n) is 21.0. The zero-order valence-electron chi connectivity index (χ0n) is 36.4. The molecule has 280 valence electrons. The summed E-state index contributed by atoms with van der Waals surface area (Å²) in [6.07, 6.45) is 1.77. The van der Waals surface area contributed by atoms with Gasteiger partial charge in [0.15, 0.2) is 0 Å². The number of hydrogen-bond acceptors (Lipinski definition) is 3. The van der Waals surface area contributed by atoms with E-state index in [0.717, 1.165) is 44.6 Å². The van der Waals surface area contributed by atoms with Crippen LogP contribution in [0, 0.1) is 0 Å². The van der Waals surface area contributed by atoms with Crippen LogP contribution in [0.3, 0.4) is 0 Å². The van der Waals surface area contributed by atoms with E-state index in [0.29, 0.717) is 33.6 Å². The number of para-hydroxylation sites is 1. The van der Waals surface area contributed by atoms with E-state index in [9.17, 15) is 7.85 Å². The summed E-state index contributed by atoms with van der Waals surface area (Å²) in [4.78, 5) is 10.0. The number of pyridine rings is 2. The van der Waals surface area contributed by atoms with E-state index in [2.05, 4.69) is 77.9 Å². The summed E-state index contributed by atoms with van der Waals surface area (Å²) in [6.45, 7) is 13.4. The van der Waals surface area contributed by atoms with Crippen molar-refractivity contribution in [3.63, 3.8) is 0 Å². The molecule has 0 saturated heterocycles. The number of aromatic hydroxyl groups is 1. The molecule has 0 aliphatic carbocycles. The highest BCUT2D eigenvalue weighted by atomic mass is 16.3. The number of phenolic OH excluding ortho intramolecular Hbond substituents is 1. The molecule has 0 aliphatic rings. The summed E-state index contributed by atoms with van der Waals surface area (Å²) < 4.78 is 27.2. The van der Waals surface area contributed by atoms with E-state index >= 15 is 0 Å². The normalized spacial score (nSPS) is 12.5. The fourth-order valence-electron chi connectivity index (χ4n) is 7.25. The molecule has 6 aromatic carbocycles. The summed E-state index contributed by atoms with van der Waals surface area (Å²) in [5, 5.41) is 11.1. The van der Waals surface area contributed by atoms with Crippen LogP contribution >= 0.6 is 0 Å². The van der Waals surface area contributed by atoms with Crippen LogP contribution in [0.4, 0.5) is 0 Å². The van der Waals surface area contributed by atoms with Crippen molar-refractivity contribution < 1.29 is 9.22 Å². The second kappa shape index (κ2) is 15.2. The molecule has 3 nitrogen and oxygen atoms in total. The number of rotatable bonds is 7. The summed E-state index contributed by atoms with van der Waals surface area (Å²) >= 11 is 0. The Morgan fingerprint density at radius 3 is 1.54 bits per heavy atom. The van der Waals surface area contributed by atoms with Crippen molar-refractivity contribution in [2.75, 3.05) is 0 Å². The number of phenols is 1. The monoisotopic (exact) mass is 743 g/mol. The Hall–Kier alpha value is -6.58. The fraction of sp³-hybridized carbons (Fsp3) is 0.148. The van der Waals surface area contributed by atoms with Crippen LogP contribution in [0.1, 0.15) is 56.8 Å². The Balaban J connectivity index is 1.31. The molecular weight excluding hydrogens is 693 g/mol. The average molecular weight is 744 g/mol. The Morgan fingerprint density at radius 1 is 0.439 bits per heavy atom. The minimum absolute atomic E-state index is 0.00936. The van der Waals surface area contributed by atoms with Gasteiger partial charge in [-0.15, -0.1) is 0 Å². The van der Waals surface area contributed by atoms with E-state index in [1.165, 1.54) is 11.1 Å². The molecule has 0 atom stereocenters. The molecule has 57 heavy (non-hydrogen) atoms. The van der Waals surface area contributed by atoms with Gasteiger partial charge in [-0.25, -0.2) is 4.98 Å². The fourth-order valence-corrected chi connectivity index (χ4v) is 7.25. The molecule has 3 heteroatoms. The van der Waals surface area contributed by atoms with Crippen molar-refractivity contribution in [2.45, 2.75) is 52.4 Å². The van der Waals surface area contributed by atoms with Gasteiger partial charge < -0.3 is 5.11 Å². The van der Waals surface area contributed by atoms with Crippen molar-refractivity contribution >= 4 is 0 Å². The Morgan fingerprint density at radius 2 is 0.947 bits per heavy atom. The van der Waals surface area contributed by atoms with Gasteiger partial charge in [0, 0.05) is 22.9 Å². The largest absolute Gasteiger partial charge is 0.507 e. The average Bonchev–Trinajstić information content (AvgIpc) is 3.25. The van der Waals surface area contributed by atoms with Crippen molar-refractivity contribution in [1.29, 1.82) is 0 Å². The third-order valence-electron chi connectivity index (χ3n) is 10.5.